The highest BCUT2D eigenvalue weighted by Gasteiger charge is 2.34. The number of carbonyl (C=O) groups is 1. The van der Waals surface area contributed by atoms with Gasteiger partial charge in [0.15, 0.2) is 0 Å². The molecule has 17 heavy (non-hydrogen) atoms. The van der Waals surface area contributed by atoms with Gasteiger partial charge in [-0.15, -0.1) is 0 Å². The minimum Gasteiger partial charge on any atom is -0.368 e. The fourth-order valence-corrected chi connectivity index (χ4v) is 3.14. The average Bonchev–Trinajstić information content (AvgIpc) is 2.90. The lowest BCUT2D eigenvalue weighted by atomic mass is 9.83. The normalized spacial score (nSPS) is 33.6. The molecule has 1 saturated carbocycles. The first-order chi connectivity index (χ1) is 8.24. The summed E-state index contributed by atoms with van der Waals surface area (Å²) < 4.78 is 5.47. The van der Waals surface area contributed by atoms with Crippen LogP contribution in [0.3, 0.4) is 0 Å². The highest BCUT2D eigenvalue weighted by Crippen LogP contribution is 2.28. The van der Waals surface area contributed by atoms with Crippen molar-refractivity contribution in [2.45, 2.75) is 50.7 Å². The summed E-state index contributed by atoms with van der Waals surface area (Å²) >= 11 is 0. The Hall–Kier alpha value is -0.610. The standard InChI is InChI=1S/C13H24N2O2/c1-15(13(16)12-7-4-8-17-12)11-6-3-2-5-10(11)9-14/h10-12H,2-9,14H2,1H3/t10?,11?,12-/m1/s1. The van der Waals surface area contributed by atoms with Crippen LogP contribution in [-0.2, 0) is 9.53 Å². The third-order valence-electron chi connectivity index (χ3n) is 4.22. The van der Waals surface area contributed by atoms with E-state index in [2.05, 4.69) is 0 Å². The molecule has 2 rings (SSSR count). The molecule has 98 valence electrons. The van der Waals surface area contributed by atoms with Crippen molar-refractivity contribution in [1.82, 2.24) is 4.90 Å². The number of rotatable bonds is 3. The van der Waals surface area contributed by atoms with Crippen molar-refractivity contribution in [2.75, 3.05) is 20.2 Å². The molecule has 1 heterocycles. The average molecular weight is 240 g/mol. The Morgan fingerprint density at radius 1 is 1.29 bits per heavy atom. The molecule has 0 spiro atoms. The Morgan fingerprint density at radius 3 is 2.71 bits per heavy atom. The summed E-state index contributed by atoms with van der Waals surface area (Å²) in [6.45, 7) is 1.42. The highest BCUT2D eigenvalue weighted by atomic mass is 16.5. The molecule has 0 aromatic carbocycles. The quantitative estimate of drug-likeness (QED) is 0.805. The van der Waals surface area contributed by atoms with Gasteiger partial charge in [-0.1, -0.05) is 12.8 Å². The Bertz CT molecular complexity index is 264. The third-order valence-corrected chi connectivity index (χ3v) is 4.22. The molecule has 0 radical (unpaired) electrons. The molecule has 4 heteroatoms. The number of carbonyl (C=O) groups excluding carboxylic acids is 1. The number of nitrogens with zero attached hydrogens (tertiary/aromatic N) is 1. The minimum absolute atomic E-state index is 0.160. The van der Waals surface area contributed by atoms with Crippen LogP contribution in [0.25, 0.3) is 0 Å². The van der Waals surface area contributed by atoms with E-state index in [1.165, 1.54) is 12.8 Å². The van der Waals surface area contributed by atoms with E-state index >= 15 is 0 Å². The zero-order valence-corrected chi connectivity index (χ0v) is 10.7. The van der Waals surface area contributed by atoms with Crippen LogP contribution in [0.2, 0.25) is 0 Å². The second kappa shape index (κ2) is 5.83. The van der Waals surface area contributed by atoms with Gasteiger partial charge >= 0.3 is 0 Å². The lowest BCUT2D eigenvalue weighted by molar-refractivity contribution is -0.143. The lowest BCUT2D eigenvalue weighted by Gasteiger charge is -2.38. The van der Waals surface area contributed by atoms with Crippen molar-refractivity contribution in [1.29, 1.82) is 0 Å². The molecule has 2 unspecified atom stereocenters. The second-order valence-electron chi connectivity index (χ2n) is 5.30. The van der Waals surface area contributed by atoms with Crippen molar-refractivity contribution >= 4 is 5.91 Å². The highest BCUT2D eigenvalue weighted by molar-refractivity contribution is 5.81. The number of ether oxygens (including phenoxy) is 1. The Morgan fingerprint density at radius 2 is 2.06 bits per heavy atom. The zero-order valence-electron chi connectivity index (χ0n) is 10.7. The van der Waals surface area contributed by atoms with Gasteiger partial charge in [0.05, 0.1) is 0 Å². The van der Waals surface area contributed by atoms with E-state index < -0.39 is 0 Å². The largest absolute Gasteiger partial charge is 0.368 e. The van der Waals surface area contributed by atoms with Crippen LogP contribution >= 0.6 is 0 Å². The first kappa shape index (κ1) is 12.8. The van der Waals surface area contributed by atoms with Gasteiger partial charge in [0.25, 0.3) is 5.91 Å². The van der Waals surface area contributed by atoms with Gasteiger partial charge in [0.2, 0.25) is 0 Å². The molecule has 2 fully saturated rings. The Kier molecular flexibility index (Phi) is 4.40. The van der Waals surface area contributed by atoms with Crippen molar-refractivity contribution < 1.29 is 9.53 Å². The topological polar surface area (TPSA) is 55.6 Å². The van der Waals surface area contributed by atoms with Gasteiger partial charge in [-0.05, 0) is 38.1 Å². The Balaban J connectivity index is 1.96. The van der Waals surface area contributed by atoms with E-state index in [0.717, 1.165) is 32.3 Å². The summed E-state index contributed by atoms with van der Waals surface area (Å²) in [5, 5.41) is 0. The van der Waals surface area contributed by atoms with Crippen LogP contribution in [0.5, 0.6) is 0 Å². The van der Waals surface area contributed by atoms with Gasteiger partial charge in [-0.2, -0.15) is 0 Å². The van der Waals surface area contributed by atoms with Crippen molar-refractivity contribution in [3.8, 4) is 0 Å². The van der Waals surface area contributed by atoms with Crippen molar-refractivity contribution in [3.05, 3.63) is 0 Å². The van der Waals surface area contributed by atoms with Gasteiger partial charge in [-0.25, -0.2) is 0 Å². The molecule has 1 aliphatic heterocycles. The van der Waals surface area contributed by atoms with E-state index in [1.54, 1.807) is 0 Å². The predicted octanol–water partition coefficient (Wildman–Crippen LogP) is 1.14. The van der Waals surface area contributed by atoms with E-state index in [-0.39, 0.29) is 12.0 Å². The molecule has 2 N–H and O–H groups in total. The maximum atomic E-state index is 12.3. The van der Waals surface area contributed by atoms with E-state index in [1.807, 2.05) is 11.9 Å². The van der Waals surface area contributed by atoms with Crippen LogP contribution in [0.4, 0.5) is 0 Å². The molecular weight excluding hydrogens is 216 g/mol. The third kappa shape index (κ3) is 2.80. The summed E-state index contributed by atoms with van der Waals surface area (Å²) in [6.07, 6.45) is 6.41. The molecule has 0 aromatic rings. The number of likely N-dealkylation sites (N-methyl/N-ethyl adjacent to an activating group) is 1. The molecule has 0 bridgehead atoms. The smallest absolute Gasteiger partial charge is 0.251 e. The fraction of sp³-hybridized carbons (Fsp3) is 0.923. The van der Waals surface area contributed by atoms with E-state index in [0.29, 0.717) is 18.5 Å². The monoisotopic (exact) mass is 240 g/mol. The maximum absolute atomic E-state index is 12.3. The SMILES string of the molecule is CN(C(=O)[C@H]1CCCO1)C1CCCCC1CN. The molecule has 1 amide bonds. The summed E-state index contributed by atoms with van der Waals surface area (Å²) in [5.41, 5.74) is 5.82. The molecule has 3 atom stereocenters. The first-order valence-corrected chi connectivity index (χ1v) is 6.82. The summed E-state index contributed by atoms with van der Waals surface area (Å²) in [5.74, 6) is 0.631. The number of amides is 1. The first-order valence-electron chi connectivity index (χ1n) is 6.82. The number of hydrogen-bond donors (Lipinski definition) is 1. The van der Waals surface area contributed by atoms with Gasteiger partial charge < -0.3 is 15.4 Å². The maximum Gasteiger partial charge on any atom is 0.251 e. The lowest BCUT2D eigenvalue weighted by Crippen LogP contribution is -2.49. The van der Waals surface area contributed by atoms with Crippen molar-refractivity contribution in [2.24, 2.45) is 11.7 Å². The summed E-state index contributed by atoms with van der Waals surface area (Å²) in [6, 6.07) is 0.324. The Labute approximate surface area is 103 Å². The molecule has 0 aromatic heterocycles. The molecule has 2 aliphatic rings. The van der Waals surface area contributed by atoms with Gasteiger partial charge in [-0.3, -0.25) is 4.79 Å². The van der Waals surface area contributed by atoms with Crippen LogP contribution in [0.1, 0.15) is 38.5 Å². The van der Waals surface area contributed by atoms with Crippen LogP contribution < -0.4 is 5.73 Å². The summed E-state index contributed by atoms with van der Waals surface area (Å²) in [4.78, 5) is 14.2. The van der Waals surface area contributed by atoms with E-state index in [4.69, 9.17) is 10.5 Å². The predicted molar refractivity (Wildman–Crippen MR) is 66.5 cm³/mol. The zero-order chi connectivity index (χ0) is 12.3. The van der Waals surface area contributed by atoms with Crippen LogP contribution in [0.15, 0.2) is 0 Å². The minimum atomic E-state index is -0.194. The van der Waals surface area contributed by atoms with Crippen LogP contribution in [-0.4, -0.2) is 43.2 Å². The van der Waals surface area contributed by atoms with E-state index in [9.17, 15) is 4.79 Å². The molecule has 4 nitrogen and oxygen atoms in total. The van der Waals surface area contributed by atoms with Gasteiger partial charge in [0, 0.05) is 19.7 Å². The molecule has 1 saturated heterocycles. The number of nitrogens with two attached hydrogens (primary N) is 1. The summed E-state index contributed by atoms with van der Waals surface area (Å²) in [7, 11) is 1.92. The van der Waals surface area contributed by atoms with Crippen molar-refractivity contribution in [3.63, 3.8) is 0 Å². The number of hydrogen-bond acceptors (Lipinski definition) is 3. The molecular formula is C13H24N2O2. The molecule has 1 aliphatic carbocycles. The van der Waals surface area contributed by atoms with Crippen LogP contribution in [0, 0.1) is 5.92 Å². The van der Waals surface area contributed by atoms with Gasteiger partial charge in [0.1, 0.15) is 6.10 Å². The fourth-order valence-electron chi connectivity index (χ4n) is 3.14. The second-order valence-corrected chi connectivity index (χ2v) is 5.30.